The summed E-state index contributed by atoms with van der Waals surface area (Å²) < 4.78 is 49.7. The van der Waals surface area contributed by atoms with Crippen LogP contribution in [-0.4, -0.2) is 99.8 Å². The lowest BCUT2D eigenvalue weighted by Crippen LogP contribution is -2.10. The number of alkyl halides is 1. The molecule has 404 valence electrons. The van der Waals surface area contributed by atoms with E-state index >= 15 is 0 Å². The minimum atomic E-state index is -4.00. The van der Waals surface area contributed by atoms with Crippen LogP contribution in [0.5, 0.6) is 0 Å². The Kier molecular flexibility index (Phi) is 30.2. The van der Waals surface area contributed by atoms with Gasteiger partial charge < -0.3 is 47.1 Å². The molecule has 0 saturated carbocycles. The first-order valence-electron chi connectivity index (χ1n) is 25.0. The molecule has 6 aromatic rings. The third-order valence-corrected chi connectivity index (χ3v) is 15.0. The second kappa shape index (κ2) is 34.7. The van der Waals surface area contributed by atoms with Crippen molar-refractivity contribution < 1.29 is 41.5 Å². The second-order valence-corrected chi connectivity index (χ2v) is 23.1. The van der Waals surface area contributed by atoms with Gasteiger partial charge in [0.1, 0.15) is 0 Å². The van der Waals surface area contributed by atoms with Crippen molar-refractivity contribution in [2.75, 3.05) is 75.3 Å². The van der Waals surface area contributed by atoms with Crippen LogP contribution < -0.4 is 0 Å². The molecule has 2 N–H and O–H groups in total. The molecule has 0 aromatic heterocycles. The Labute approximate surface area is 449 Å². The molecule has 74 heavy (non-hydrogen) atoms. The summed E-state index contributed by atoms with van der Waals surface area (Å²) in [5.74, 6) is 0.571. The lowest BCUT2D eigenvalue weighted by Gasteiger charge is -2.17. The van der Waals surface area contributed by atoms with E-state index in [0.717, 1.165) is 47.5 Å². The van der Waals surface area contributed by atoms with Gasteiger partial charge in [-0.1, -0.05) is 146 Å². The molecule has 0 aliphatic rings. The van der Waals surface area contributed by atoms with Crippen LogP contribution in [0.3, 0.4) is 0 Å². The average molecular weight is 1090 g/mol. The maximum atomic E-state index is 12.6. The number of halogens is 1. The van der Waals surface area contributed by atoms with Crippen molar-refractivity contribution in [1.82, 2.24) is 14.7 Å². The van der Waals surface area contributed by atoms with Crippen LogP contribution in [0.2, 0.25) is 0 Å². The standard InChI is InChI=1S/C20H28NO3P.C16H18ClN.C16H20NO3P.C6H15O3P/c1-5-23-25(22,24-6-2)16-18-9-13-20(14-10-18)19-11-7-17(8-12-19)15-21(3)4;1-18(2)12-14-5-9-16(10-6-14)15-7-3-13(11-17)4-8-15;1-17(2)11-13-3-7-15(8-4-13)16-9-5-14(6-10-16)12-21(18,19)20;1-4-7-10(8-5-2)9-6-3/h7-14H,5-6,15-16H2,1-4H3;3-10H,11-12H2,1-2H3;3-10H,11-12H2,1-2H3,(H2,18,19,20);4-6H2,1-3H3. The highest BCUT2D eigenvalue weighted by molar-refractivity contribution is 7.53. The highest BCUT2D eigenvalue weighted by Gasteiger charge is 2.24. The van der Waals surface area contributed by atoms with Gasteiger partial charge >= 0.3 is 23.8 Å². The first-order chi connectivity index (χ1) is 35.3. The zero-order valence-corrected chi connectivity index (χ0v) is 48.9. The monoisotopic (exact) mass is 1090 g/mol. The van der Waals surface area contributed by atoms with E-state index in [2.05, 4.69) is 152 Å². The van der Waals surface area contributed by atoms with Gasteiger partial charge in [-0.15, -0.1) is 11.6 Å². The second-order valence-electron chi connectivity index (χ2n) is 17.9. The number of rotatable bonds is 24. The van der Waals surface area contributed by atoms with Crippen LogP contribution in [0.1, 0.15) is 68.0 Å². The Hall–Kier alpha value is -3.90. The number of benzene rings is 6. The molecule has 0 aliphatic heterocycles. The van der Waals surface area contributed by atoms with E-state index in [1.165, 1.54) is 33.4 Å². The predicted octanol–water partition coefficient (Wildman–Crippen LogP) is 14.8. The van der Waals surface area contributed by atoms with Gasteiger partial charge in [0.25, 0.3) is 0 Å². The molecule has 6 aromatic carbocycles. The van der Waals surface area contributed by atoms with Crippen LogP contribution in [0.4, 0.5) is 0 Å². The minimum absolute atomic E-state index is 0.213. The van der Waals surface area contributed by atoms with Gasteiger partial charge in [-0.3, -0.25) is 9.13 Å². The highest BCUT2D eigenvalue weighted by atomic mass is 35.5. The molecular formula is C58H81ClN3O9P3. The van der Waals surface area contributed by atoms with Gasteiger partial charge in [0.05, 0.1) is 45.4 Å². The van der Waals surface area contributed by atoms with Crippen molar-refractivity contribution in [2.45, 2.75) is 72.5 Å². The molecule has 16 heteroatoms. The maximum Gasteiger partial charge on any atom is 0.335 e. The molecule has 12 nitrogen and oxygen atoms in total. The summed E-state index contributed by atoms with van der Waals surface area (Å²) in [5, 5.41) is 0. The van der Waals surface area contributed by atoms with Crippen LogP contribution in [0.15, 0.2) is 146 Å². The van der Waals surface area contributed by atoms with Crippen LogP contribution >= 0.6 is 35.4 Å². The molecule has 0 amide bonds. The van der Waals surface area contributed by atoms with Crippen LogP contribution in [-0.2, 0) is 69.6 Å². The normalized spacial score (nSPS) is 11.5. The predicted molar refractivity (Wildman–Crippen MR) is 309 cm³/mol. The summed E-state index contributed by atoms with van der Waals surface area (Å²) >= 11 is 5.79. The molecule has 0 aliphatic carbocycles. The van der Waals surface area contributed by atoms with Gasteiger partial charge in [-0.2, -0.15) is 0 Å². The van der Waals surface area contributed by atoms with E-state index < -0.39 is 23.8 Å². The van der Waals surface area contributed by atoms with E-state index in [0.29, 0.717) is 50.6 Å². The zero-order chi connectivity index (χ0) is 54.5. The number of hydrogen-bond acceptors (Lipinski definition) is 10. The number of nitrogens with zero attached hydrogens (tertiary/aromatic N) is 3. The first-order valence-corrected chi connectivity index (χ1v) is 30.1. The third-order valence-electron chi connectivity index (χ3n) is 10.5. The average Bonchev–Trinajstić information content (AvgIpc) is 3.35. The lowest BCUT2D eigenvalue weighted by molar-refractivity contribution is 0.176. The Bertz CT molecular complexity index is 2500. The highest BCUT2D eigenvalue weighted by Crippen LogP contribution is 2.51. The lowest BCUT2D eigenvalue weighted by atomic mass is 10.0. The van der Waals surface area contributed by atoms with Crippen molar-refractivity contribution in [2.24, 2.45) is 0 Å². The van der Waals surface area contributed by atoms with Crippen molar-refractivity contribution in [3.63, 3.8) is 0 Å². The fraction of sp³-hybridized carbons (Fsp3) is 0.379. The molecule has 0 bridgehead atoms. The molecular weight excluding hydrogens is 1010 g/mol. The summed E-state index contributed by atoms with van der Waals surface area (Å²) in [5.41, 5.74) is 13.6. The fourth-order valence-electron chi connectivity index (χ4n) is 7.31. The van der Waals surface area contributed by atoms with Gasteiger partial charge in [0.2, 0.25) is 0 Å². The van der Waals surface area contributed by atoms with Gasteiger partial charge in [0, 0.05) is 25.5 Å². The molecule has 0 atom stereocenters. The van der Waals surface area contributed by atoms with Crippen molar-refractivity contribution in [3.05, 3.63) is 179 Å². The quantitative estimate of drug-likeness (QED) is 0.0442. The largest absolute Gasteiger partial charge is 0.335 e. The van der Waals surface area contributed by atoms with Crippen molar-refractivity contribution in [1.29, 1.82) is 0 Å². The molecule has 0 radical (unpaired) electrons. The van der Waals surface area contributed by atoms with Gasteiger partial charge in [0.15, 0.2) is 0 Å². The Morgan fingerprint density at radius 3 is 0.851 bits per heavy atom. The molecule has 6 rings (SSSR count). The van der Waals surface area contributed by atoms with Gasteiger partial charge in [-0.25, -0.2) is 0 Å². The van der Waals surface area contributed by atoms with E-state index in [9.17, 15) is 9.13 Å². The summed E-state index contributed by atoms with van der Waals surface area (Å²) in [7, 11) is 4.25. The Balaban J connectivity index is 0.000000271. The summed E-state index contributed by atoms with van der Waals surface area (Å²) in [4.78, 5) is 24.4. The van der Waals surface area contributed by atoms with E-state index in [-0.39, 0.29) is 6.16 Å². The van der Waals surface area contributed by atoms with Crippen LogP contribution in [0, 0.1) is 0 Å². The third kappa shape index (κ3) is 25.8. The SMILES string of the molecule is CCOP(=O)(Cc1ccc(-c2ccc(CN(C)C)cc2)cc1)OCC.CCOP(OCC)OCC.CN(C)Cc1ccc(-c2ccc(CCl)cc2)cc1.CN(C)Cc1ccc(-c2ccc(CP(=O)(O)O)cc2)cc1. The number of hydrogen-bond donors (Lipinski definition) is 2. The summed E-state index contributed by atoms with van der Waals surface area (Å²) in [6.45, 7) is 14.9. The topological polar surface area (TPSA) is 130 Å². The smallest absolute Gasteiger partial charge is 0.324 e. The Morgan fingerprint density at radius 1 is 0.392 bits per heavy atom. The van der Waals surface area contributed by atoms with Crippen molar-refractivity contribution >= 4 is 35.4 Å². The molecule has 0 heterocycles. The summed E-state index contributed by atoms with van der Waals surface area (Å²) in [6, 6.07) is 49.5. The van der Waals surface area contributed by atoms with Crippen LogP contribution in [0.25, 0.3) is 33.4 Å². The van der Waals surface area contributed by atoms with Gasteiger partial charge in [-0.05, 0) is 144 Å². The van der Waals surface area contributed by atoms with Crippen molar-refractivity contribution in [3.8, 4) is 33.4 Å². The van der Waals surface area contributed by atoms with E-state index in [4.69, 9.17) is 44.0 Å². The summed E-state index contributed by atoms with van der Waals surface area (Å²) in [6.07, 6.45) is 0.0891. The maximum absolute atomic E-state index is 12.6. The zero-order valence-electron chi connectivity index (χ0n) is 45.4. The fourth-order valence-corrected chi connectivity index (χ4v) is 10.7. The minimum Gasteiger partial charge on any atom is -0.324 e. The van der Waals surface area contributed by atoms with E-state index in [1.54, 1.807) is 12.1 Å². The molecule has 0 unspecified atom stereocenters. The molecule has 0 spiro atoms. The molecule has 0 saturated heterocycles. The first kappa shape index (κ1) is 64.4. The van der Waals surface area contributed by atoms with E-state index in [1.807, 2.05) is 73.0 Å². The molecule has 0 fully saturated rings. The Morgan fingerprint density at radius 2 is 0.635 bits per heavy atom.